The van der Waals surface area contributed by atoms with Gasteiger partial charge in [-0.1, -0.05) is 63.2 Å². The van der Waals surface area contributed by atoms with Gasteiger partial charge in [-0.2, -0.15) is 0 Å². The number of amides is 1. The van der Waals surface area contributed by atoms with E-state index in [0.29, 0.717) is 5.56 Å². The molecule has 104 valence electrons. The van der Waals surface area contributed by atoms with Crippen LogP contribution in [0, 0.1) is 0 Å². The highest BCUT2D eigenvalue weighted by Crippen LogP contribution is 2.28. The molecule has 0 saturated heterocycles. The maximum absolute atomic E-state index is 11.9. The molecule has 0 saturated carbocycles. The molecular formula is C18H21NO. The highest BCUT2D eigenvalue weighted by Gasteiger charge is 2.14. The van der Waals surface area contributed by atoms with E-state index < -0.39 is 0 Å². The predicted octanol–water partition coefficient (Wildman–Crippen LogP) is 4.01. The van der Waals surface area contributed by atoms with Crippen LogP contribution in [0.5, 0.6) is 0 Å². The molecule has 0 radical (unpaired) electrons. The smallest absolute Gasteiger partial charge is 0.251 e. The van der Waals surface area contributed by atoms with E-state index in [1.807, 2.05) is 24.3 Å². The third-order valence-electron chi connectivity index (χ3n) is 3.46. The summed E-state index contributed by atoms with van der Waals surface area (Å²) in [6.45, 7) is 6.58. The van der Waals surface area contributed by atoms with E-state index in [2.05, 4.69) is 50.4 Å². The first-order valence-electron chi connectivity index (χ1n) is 6.85. The van der Waals surface area contributed by atoms with Crippen LogP contribution in [0.4, 0.5) is 0 Å². The van der Waals surface area contributed by atoms with E-state index in [1.54, 1.807) is 7.05 Å². The zero-order chi connectivity index (χ0) is 14.8. The van der Waals surface area contributed by atoms with Crippen molar-refractivity contribution in [2.75, 3.05) is 7.05 Å². The Hall–Kier alpha value is -2.09. The van der Waals surface area contributed by atoms with Gasteiger partial charge in [0.1, 0.15) is 0 Å². The molecule has 1 N–H and O–H groups in total. The van der Waals surface area contributed by atoms with Crippen molar-refractivity contribution in [1.29, 1.82) is 0 Å². The highest BCUT2D eigenvalue weighted by atomic mass is 16.1. The Balaban J connectivity index is 2.45. The van der Waals surface area contributed by atoms with E-state index in [-0.39, 0.29) is 11.3 Å². The minimum atomic E-state index is -0.0551. The average Bonchev–Trinajstić information content (AvgIpc) is 2.45. The maximum Gasteiger partial charge on any atom is 0.251 e. The van der Waals surface area contributed by atoms with Crippen molar-refractivity contribution >= 4 is 5.91 Å². The zero-order valence-corrected chi connectivity index (χ0v) is 12.5. The Bertz CT molecular complexity index is 606. The lowest BCUT2D eigenvalue weighted by Gasteiger charge is -2.19. The van der Waals surface area contributed by atoms with E-state index in [0.717, 1.165) is 11.1 Å². The molecule has 2 nitrogen and oxygen atoms in total. The molecule has 1 amide bonds. The van der Waals surface area contributed by atoms with Crippen molar-refractivity contribution in [3.63, 3.8) is 0 Å². The van der Waals surface area contributed by atoms with Crippen molar-refractivity contribution in [2.45, 2.75) is 26.2 Å². The Morgan fingerprint density at radius 1 is 0.950 bits per heavy atom. The first-order valence-corrected chi connectivity index (χ1v) is 6.85. The minimum Gasteiger partial charge on any atom is -0.355 e. The lowest BCUT2D eigenvalue weighted by Crippen LogP contribution is -2.18. The normalized spacial score (nSPS) is 11.2. The van der Waals surface area contributed by atoms with Crippen molar-refractivity contribution in [3.8, 4) is 11.1 Å². The number of carbonyl (C=O) groups is 1. The van der Waals surface area contributed by atoms with Crippen LogP contribution in [0.3, 0.4) is 0 Å². The summed E-state index contributed by atoms with van der Waals surface area (Å²) in [4.78, 5) is 11.9. The molecule has 2 aromatic rings. The third-order valence-corrected chi connectivity index (χ3v) is 3.46. The van der Waals surface area contributed by atoms with Gasteiger partial charge in [0.25, 0.3) is 5.91 Å². The van der Waals surface area contributed by atoms with E-state index in [9.17, 15) is 4.79 Å². The summed E-state index contributed by atoms with van der Waals surface area (Å²) in [6, 6.07) is 16.1. The number of carbonyl (C=O) groups excluding carboxylic acids is 1. The summed E-state index contributed by atoms with van der Waals surface area (Å²) in [5.74, 6) is -0.0551. The topological polar surface area (TPSA) is 29.1 Å². The van der Waals surface area contributed by atoms with Gasteiger partial charge >= 0.3 is 0 Å². The van der Waals surface area contributed by atoms with Crippen LogP contribution in [0.1, 0.15) is 36.7 Å². The van der Waals surface area contributed by atoms with Gasteiger partial charge in [-0.3, -0.25) is 4.79 Å². The first-order chi connectivity index (χ1) is 9.43. The van der Waals surface area contributed by atoms with Gasteiger partial charge in [-0.25, -0.2) is 0 Å². The Morgan fingerprint density at radius 2 is 1.55 bits per heavy atom. The fourth-order valence-electron chi connectivity index (χ4n) is 2.22. The molecule has 0 spiro atoms. The van der Waals surface area contributed by atoms with Gasteiger partial charge in [-0.15, -0.1) is 0 Å². The number of rotatable bonds is 2. The van der Waals surface area contributed by atoms with E-state index in [1.165, 1.54) is 5.56 Å². The van der Waals surface area contributed by atoms with Gasteiger partial charge in [0.2, 0.25) is 0 Å². The van der Waals surface area contributed by atoms with E-state index in [4.69, 9.17) is 0 Å². The molecule has 2 aromatic carbocycles. The summed E-state index contributed by atoms with van der Waals surface area (Å²) < 4.78 is 0. The van der Waals surface area contributed by atoms with E-state index >= 15 is 0 Å². The summed E-state index contributed by atoms with van der Waals surface area (Å²) in [5.41, 5.74) is 4.17. The second kappa shape index (κ2) is 5.49. The van der Waals surface area contributed by atoms with Gasteiger partial charge in [0.05, 0.1) is 0 Å². The highest BCUT2D eigenvalue weighted by molar-refractivity contribution is 6.00. The second-order valence-electron chi connectivity index (χ2n) is 5.95. The third kappa shape index (κ3) is 2.90. The van der Waals surface area contributed by atoms with Crippen LogP contribution in [0.25, 0.3) is 11.1 Å². The van der Waals surface area contributed by atoms with Crippen LogP contribution in [-0.4, -0.2) is 13.0 Å². The van der Waals surface area contributed by atoms with Crippen LogP contribution in [-0.2, 0) is 5.41 Å². The van der Waals surface area contributed by atoms with Crippen LogP contribution in [0.15, 0.2) is 48.5 Å². The molecule has 2 heteroatoms. The van der Waals surface area contributed by atoms with Gasteiger partial charge in [0, 0.05) is 12.6 Å². The van der Waals surface area contributed by atoms with Crippen LogP contribution >= 0.6 is 0 Å². The molecule has 20 heavy (non-hydrogen) atoms. The molecule has 0 fully saturated rings. The minimum absolute atomic E-state index is 0.0551. The predicted molar refractivity (Wildman–Crippen MR) is 84.0 cm³/mol. The first kappa shape index (κ1) is 14.3. The van der Waals surface area contributed by atoms with Crippen molar-refractivity contribution in [2.24, 2.45) is 0 Å². The second-order valence-corrected chi connectivity index (χ2v) is 5.95. The molecule has 0 aromatic heterocycles. The molecule has 0 aliphatic carbocycles. The van der Waals surface area contributed by atoms with Gasteiger partial charge in [-0.05, 0) is 28.2 Å². The lowest BCUT2D eigenvalue weighted by molar-refractivity contribution is 0.0963. The fourth-order valence-corrected chi connectivity index (χ4v) is 2.22. The Morgan fingerprint density at radius 3 is 2.10 bits per heavy atom. The largest absolute Gasteiger partial charge is 0.355 e. The zero-order valence-electron chi connectivity index (χ0n) is 12.5. The van der Waals surface area contributed by atoms with Crippen molar-refractivity contribution < 1.29 is 4.79 Å². The summed E-state index contributed by atoms with van der Waals surface area (Å²) >= 11 is 0. The van der Waals surface area contributed by atoms with Crippen molar-refractivity contribution in [1.82, 2.24) is 5.32 Å². The monoisotopic (exact) mass is 267 g/mol. The molecule has 0 heterocycles. The average molecular weight is 267 g/mol. The molecule has 0 bridgehead atoms. The fraction of sp³-hybridized carbons (Fsp3) is 0.278. The molecule has 0 unspecified atom stereocenters. The van der Waals surface area contributed by atoms with Crippen LogP contribution < -0.4 is 5.32 Å². The molecular weight excluding hydrogens is 246 g/mol. The quantitative estimate of drug-likeness (QED) is 0.875. The van der Waals surface area contributed by atoms with Crippen molar-refractivity contribution in [3.05, 3.63) is 59.7 Å². The number of benzene rings is 2. The van der Waals surface area contributed by atoms with Gasteiger partial charge < -0.3 is 5.32 Å². The summed E-state index contributed by atoms with van der Waals surface area (Å²) in [5, 5.41) is 2.69. The summed E-state index contributed by atoms with van der Waals surface area (Å²) in [7, 11) is 1.65. The molecule has 0 aliphatic heterocycles. The number of nitrogens with one attached hydrogen (secondary N) is 1. The maximum atomic E-state index is 11.9. The Labute approximate surface area is 120 Å². The Kier molecular flexibility index (Phi) is 3.93. The van der Waals surface area contributed by atoms with Gasteiger partial charge in [0.15, 0.2) is 0 Å². The number of hydrogen-bond donors (Lipinski definition) is 1. The molecule has 0 aliphatic rings. The lowest BCUT2D eigenvalue weighted by atomic mass is 9.86. The van der Waals surface area contributed by atoms with Crippen LogP contribution in [0.2, 0.25) is 0 Å². The summed E-state index contributed by atoms with van der Waals surface area (Å²) in [6.07, 6.45) is 0. The SMILES string of the molecule is CNC(=O)c1ccccc1-c1ccc(C(C)(C)C)cc1. The molecule has 0 atom stereocenters. The number of hydrogen-bond acceptors (Lipinski definition) is 1. The molecule has 2 rings (SSSR count). The standard InChI is InChI=1S/C18H21NO/c1-18(2,3)14-11-9-13(10-12-14)15-7-5-6-8-16(15)17(20)19-4/h5-12H,1-4H3,(H,19,20).